The number of rotatable bonds is 3. The number of nitrogens with zero attached hydrogens (tertiary/aromatic N) is 4. The molecule has 0 aliphatic heterocycles. The molecule has 0 aliphatic rings. The molecular weight excluding hydrogens is 212 g/mol. The Balaban J connectivity index is 2.35. The minimum atomic E-state index is 0.331. The van der Waals surface area contributed by atoms with Crippen LogP contribution in [0.3, 0.4) is 0 Å². The molecule has 2 aromatic heterocycles. The van der Waals surface area contributed by atoms with E-state index in [9.17, 15) is 0 Å². The highest BCUT2D eigenvalue weighted by molar-refractivity contribution is 5.57. The predicted molar refractivity (Wildman–Crippen MR) is 67.7 cm³/mol. The molecule has 2 heterocycles. The zero-order valence-corrected chi connectivity index (χ0v) is 10.8. The minimum absolute atomic E-state index is 0.331. The van der Waals surface area contributed by atoms with Gasteiger partial charge in [0.05, 0.1) is 6.20 Å². The van der Waals surface area contributed by atoms with Gasteiger partial charge in [-0.1, -0.05) is 19.1 Å². The first-order chi connectivity index (χ1) is 8.08. The van der Waals surface area contributed by atoms with Gasteiger partial charge in [-0.15, -0.1) is 5.10 Å². The molecule has 0 unspecified atom stereocenters. The van der Waals surface area contributed by atoms with E-state index in [-0.39, 0.29) is 0 Å². The monoisotopic (exact) mass is 230 g/mol. The fraction of sp³-hybridized carbons (Fsp3) is 0.462. The maximum absolute atomic E-state index is 4.26. The molecule has 0 saturated carbocycles. The lowest BCUT2D eigenvalue weighted by atomic mass is 10.0. The Morgan fingerprint density at radius 2 is 1.88 bits per heavy atom. The van der Waals surface area contributed by atoms with Gasteiger partial charge in [0.2, 0.25) is 0 Å². The van der Waals surface area contributed by atoms with E-state index in [2.05, 4.69) is 49.1 Å². The summed E-state index contributed by atoms with van der Waals surface area (Å²) >= 11 is 0. The van der Waals surface area contributed by atoms with E-state index in [1.54, 1.807) is 0 Å². The molecule has 0 atom stereocenters. The van der Waals surface area contributed by atoms with Crippen LogP contribution >= 0.6 is 0 Å². The quantitative estimate of drug-likeness (QED) is 0.814. The van der Waals surface area contributed by atoms with Crippen LogP contribution in [0.2, 0.25) is 0 Å². The molecule has 0 N–H and O–H groups in total. The Bertz CT molecular complexity index is 500. The second-order valence-corrected chi connectivity index (χ2v) is 4.84. The highest BCUT2D eigenvalue weighted by atomic mass is 15.4. The van der Waals surface area contributed by atoms with Gasteiger partial charge in [0.1, 0.15) is 5.69 Å². The van der Waals surface area contributed by atoms with Crippen LogP contribution in [0, 0.1) is 0 Å². The van der Waals surface area contributed by atoms with Crippen LogP contribution < -0.4 is 0 Å². The second kappa shape index (κ2) is 4.65. The van der Waals surface area contributed by atoms with Crippen molar-refractivity contribution < 1.29 is 0 Å². The Hall–Kier alpha value is -1.71. The maximum Gasteiger partial charge on any atom is 0.114 e. The van der Waals surface area contributed by atoms with Crippen molar-refractivity contribution in [3.8, 4) is 11.3 Å². The standard InChI is InChI=1S/C13H18N4/c1-9(2)11-5-12(7-14-6-11)13-8-17(10(3)4)16-15-13/h5-10H,1-4H3. The Labute approximate surface area is 102 Å². The van der Waals surface area contributed by atoms with Crippen LogP contribution in [0.15, 0.2) is 24.7 Å². The molecule has 4 heteroatoms. The summed E-state index contributed by atoms with van der Waals surface area (Å²) in [5, 5.41) is 8.29. The summed E-state index contributed by atoms with van der Waals surface area (Å²) in [6.07, 6.45) is 5.70. The van der Waals surface area contributed by atoms with Crippen molar-refractivity contribution in [2.24, 2.45) is 0 Å². The fourth-order valence-electron chi connectivity index (χ4n) is 1.57. The molecule has 0 bridgehead atoms. The maximum atomic E-state index is 4.26. The average molecular weight is 230 g/mol. The third kappa shape index (κ3) is 2.52. The SMILES string of the molecule is CC(C)c1cncc(-c2cn(C(C)C)nn2)c1. The summed E-state index contributed by atoms with van der Waals surface area (Å²) in [4.78, 5) is 4.26. The molecule has 90 valence electrons. The largest absolute Gasteiger partial charge is 0.264 e. The number of pyridine rings is 1. The Kier molecular flexibility index (Phi) is 3.22. The molecule has 17 heavy (non-hydrogen) atoms. The fourth-order valence-corrected chi connectivity index (χ4v) is 1.57. The average Bonchev–Trinajstić information content (AvgIpc) is 2.78. The zero-order chi connectivity index (χ0) is 12.4. The van der Waals surface area contributed by atoms with E-state index in [0.29, 0.717) is 12.0 Å². The van der Waals surface area contributed by atoms with Crippen molar-refractivity contribution in [3.63, 3.8) is 0 Å². The molecule has 4 nitrogen and oxygen atoms in total. The molecule has 0 amide bonds. The molecule has 0 aliphatic carbocycles. The van der Waals surface area contributed by atoms with Crippen LogP contribution in [0.25, 0.3) is 11.3 Å². The van der Waals surface area contributed by atoms with Crippen molar-refractivity contribution >= 4 is 0 Å². The first-order valence-electron chi connectivity index (χ1n) is 5.95. The van der Waals surface area contributed by atoms with Gasteiger partial charge in [0.15, 0.2) is 0 Å². The van der Waals surface area contributed by atoms with Gasteiger partial charge in [0.25, 0.3) is 0 Å². The van der Waals surface area contributed by atoms with Crippen molar-refractivity contribution in [3.05, 3.63) is 30.2 Å². The van der Waals surface area contributed by atoms with Crippen LogP contribution in [0.4, 0.5) is 0 Å². The van der Waals surface area contributed by atoms with E-state index in [0.717, 1.165) is 11.3 Å². The Morgan fingerprint density at radius 1 is 1.12 bits per heavy atom. The first kappa shape index (κ1) is 11.8. The smallest absolute Gasteiger partial charge is 0.114 e. The summed E-state index contributed by atoms with van der Waals surface area (Å²) < 4.78 is 1.86. The van der Waals surface area contributed by atoms with Gasteiger partial charge < -0.3 is 0 Å². The van der Waals surface area contributed by atoms with Crippen LogP contribution in [0.1, 0.15) is 45.2 Å². The van der Waals surface area contributed by atoms with E-state index in [4.69, 9.17) is 0 Å². The zero-order valence-electron chi connectivity index (χ0n) is 10.8. The van der Waals surface area contributed by atoms with Crippen LogP contribution in [-0.4, -0.2) is 20.0 Å². The van der Waals surface area contributed by atoms with Crippen molar-refractivity contribution in [2.75, 3.05) is 0 Å². The first-order valence-corrected chi connectivity index (χ1v) is 5.95. The van der Waals surface area contributed by atoms with E-state index in [1.807, 2.05) is 23.3 Å². The van der Waals surface area contributed by atoms with Gasteiger partial charge in [-0.05, 0) is 31.4 Å². The molecule has 0 aromatic carbocycles. The molecule has 0 fully saturated rings. The summed E-state index contributed by atoms with van der Waals surface area (Å²) in [7, 11) is 0. The number of hydrogen-bond acceptors (Lipinski definition) is 3. The number of aromatic nitrogens is 4. The van der Waals surface area contributed by atoms with Gasteiger partial charge in [-0.2, -0.15) is 0 Å². The summed E-state index contributed by atoms with van der Waals surface area (Å²) in [6, 6.07) is 2.46. The second-order valence-electron chi connectivity index (χ2n) is 4.84. The summed E-state index contributed by atoms with van der Waals surface area (Å²) in [5.41, 5.74) is 3.14. The topological polar surface area (TPSA) is 43.6 Å². The van der Waals surface area contributed by atoms with Gasteiger partial charge in [-0.3, -0.25) is 4.98 Å². The van der Waals surface area contributed by atoms with Crippen LogP contribution in [0.5, 0.6) is 0 Å². The molecular formula is C13H18N4. The van der Waals surface area contributed by atoms with E-state index >= 15 is 0 Å². The lowest BCUT2D eigenvalue weighted by molar-refractivity contribution is 0.514. The molecule has 0 radical (unpaired) electrons. The minimum Gasteiger partial charge on any atom is -0.264 e. The molecule has 0 saturated heterocycles. The third-order valence-corrected chi connectivity index (χ3v) is 2.76. The van der Waals surface area contributed by atoms with E-state index < -0.39 is 0 Å². The molecule has 0 spiro atoms. The normalized spacial score (nSPS) is 11.4. The molecule has 2 aromatic rings. The lowest BCUT2D eigenvalue weighted by Gasteiger charge is -2.05. The lowest BCUT2D eigenvalue weighted by Crippen LogP contribution is -2.00. The van der Waals surface area contributed by atoms with Crippen LogP contribution in [-0.2, 0) is 0 Å². The molecule has 2 rings (SSSR count). The predicted octanol–water partition coefficient (Wildman–Crippen LogP) is 3.04. The van der Waals surface area contributed by atoms with E-state index in [1.165, 1.54) is 5.56 Å². The van der Waals surface area contributed by atoms with Crippen molar-refractivity contribution in [1.82, 2.24) is 20.0 Å². The van der Waals surface area contributed by atoms with Crippen molar-refractivity contribution in [1.29, 1.82) is 0 Å². The Morgan fingerprint density at radius 3 is 2.47 bits per heavy atom. The number of hydrogen-bond donors (Lipinski definition) is 0. The third-order valence-electron chi connectivity index (χ3n) is 2.76. The van der Waals surface area contributed by atoms with Gasteiger partial charge in [-0.25, -0.2) is 4.68 Å². The van der Waals surface area contributed by atoms with Crippen molar-refractivity contribution in [2.45, 2.75) is 39.7 Å². The summed E-state index contributed by atoms with van der Waals surface area (Å²) in [5.74, 6) is 0.475. The highest BCUT2D eigenvalue weighted by Crippen LogP contribution is 2.21. The highest BCUT2D eigenvalue weighted by Gasteiger charge is 2.08. The summed E-state index contributed by atoms with van der Waals surface area (Å²) in [6.45, 7) is 8.49. The van der Waals surface area contributed by atoms with Gasteiger partial charge >= 0.3 is 0 Å². The van der Waals surface area contributed by atoms with Gasteiger partial charge in [0, 0.05) is 24.0 Å².